The molecule has 0 radical (unpaired) electrons. The van der Waals surface area contributed by atoms with Gasteiger partial charge in [-0.05, 0) is 17.5 Å². The van der Waals surface area contributed by atoms with Gasteiger partial charge in [0.05, 0.1) is 6.07 Å². The SMILES string of the molecule is N#CC1(I)CC=Cc2ccccc21. The van der Waals surface area contributed by atoms with E-state index in [0.717, 1.165) is 12.0 Å². The maximum Gasteiger partial charge on any atom is 0.137 e. The highest BCUT2D eigenvalue weighted by molar-refractivity contribution is 14.1. The molecule has 0 heterocycles. The molecule has 1 aromatic rings. The monoisotopic (exact) mass is 281 g/mol. The summed E-state index contributed by atoms with van der Waals surface area (Å²) in [5.41, 5.74) is 2.31. The van der Waals surface area contributed by atoms with Crippen molar-refractivity contribution in [3.05, 3.63) is 41.5 Å². The van der Waals surface area contributed by atoms with Crippen molar-refractivity contribution in [3.63, 3.8) is 0 Å². The van der Waals surface area contributed by atoms with Crippen LogP contribution in [0.1, 0.15) is 17.5 Å². The first-order valence-electron chi connectivity index (χ1n) is 4.12. The highest BCUT2D eigenvalue weighted by Crippen LogP contribution is 2.40. The second-order valence-corrected chi connectivity index (χ2v) is 4.95. The highest BCUT2D eigenvalue weighted by atomic mass is 127. The standard InChI is InChI=1S/C11H8IN/c12-11(8-13)7-3-5-9-4-1-2-6-10(9)11/h1-6H,7H2. The van der Waals surface area contributed by atoms with Gasteiger partial charge >= 0.3 is 0 Å². The van der Waals surface area contributed by atoms with Gasteiger partial charge in [-0.15, -0.1) is 0 Å². The fourth-order valence-electron chi connectivity index (χ4n) is 1.57. The number of nitriles is 1. The van der Waals surface area contributed by atoms with E-state index in [1.807, 2.05) is 18.2 Å². The predicted molar refractivity (Wildman–Crippen MR) is 61.4 cm³/mol. The summed E-state index contributed by atoms with van der Waals surface area (Å²) in [4.78, 5) is 0. The quantitative estimate of drug-likeness (QED) is 0.529. The molecule has 1 aliphatic rings. The second kappa shape index (κ2) is 3.15. The first-order valence-corrected chi connectivity index (χ1v) is 5.20. The van der Waals surface area contributed by atoms with E-state index >= 15 is 0 Å². The third-order valence-corrected chi connectivity index (χ3v) is 3.52. The molecular formula is C11H8IN. The van der Waals surface area contributed by atoms with Crippen LogP contribution in [0.2, 0.25) is 0 Å². The fourth-order valence-corrected chi connectivity index (χ4v) is 2.31. The van der Waals surface area contributed by atoms with Crippen LogP contribution in [0, 0.1) is 11.3 Å². The largest absolute Gasteiger partial charge is 0.196 e. The van der Waals surface area contributed by atoms with E-state index in [9.17, 15) is 0 Å². The number of halogens is 1. The van der Waals surface area contributed by atoms with Gasteiger partial charge in [0.2, 0.25) is 0 Å². The van der Waals surface area contributed by atoms with E-state index in [0.29, 0.717) is 0 Å². The number of benzene rings is 1. The number of rotatable bonds is 0. The molecule has 13 heavy (non-hydrogen) atoms. The van der Waals surface area contributed by atoms with Crippen molar-refractivity contribution in [3.8, 4) is 6.07 Å². The van der Waals surface area contributed by atoms with Crippen LogP contribution < -0.4 is 0 Å². The first kappa shape index (κ1) is 8.76. The molecule has 1 nitrogen and oxygen atoms in total. The average molecular weight is 281 g/mol. The Bertz CT molecular complexity index is 403. The van der Waals surface area contributed by atoms with Crippen LogP contribution in [0.5, 0.6) is 0 Å². The Hall–Kier alpha value is -0.820. The number of hydrogen-bond acceptors (Lipinski definition) is 1. The molecule has 0 spiro atoms. The van der Waals surface area contributed by atoms with Gasteiger partial charge in [0, 0.05) is 0 Å². The van der Waals surface area contributed by atoms with E-state index in [4.69, 9.17) is 5.26 Å². The molecule has 0 fully saturated rings. The predicted octanol–water partition coefficient (Wildman–Crippen LogP) is 3.26. The Morgan fingerprint density at radius 3 is 2.92 bits per heavy atom. The van der Waals surface area contributed by atoms with Crippen molar-refractivity contribution in [2.45, 2.75) is 9.84 Å². The number of fused-ring (bicyclic) bond motifs is 1. The maximum atomic E-state index is 9.11. The Morgan fingerprint density at radius 1 is 1.38 bits per heavy atom. The van der Waals surface area contributed by atoms with Gasteiger partial charge in [-0.3, -0.25) is 0 Å². The van der Waals surface area contributed by atoms with Crippen LogP contribution in [-0.4, -0.2) is 0 Å². The summed E-state index contributed by atoms with van der Waals surface area (Å²) in [6.45, 7) is 0. The zero-order chi connectivity index (χ0) is 9.31. The average Bonchev–Trinajstić information content (AvgIpc) is 2.19. The molecule has 64 valence electrons. The summed E-state index contributed by atoms with van der Waals surface area (Å²) in [5, 5.41) is 9.11. The molecule has 1 aromatic carbocycles. The normalized spacial score (nSPS) is 24.9. The number of allylic oxidation sites excluding steroid dienone is 1. The minimum Gasteiger partial charge on any atom is -0.196 e. The van der Waals surface area contributed by atoms with Crippen molar-refractivity contribution in [1.82, 2.24) is 0 Å². The van der Waals surface area contributed by atoms with Crippen LogP contribution in [0.4, 0.5) is 0 Å². The number of alkyl halides is 1. The smallest absolute Gasteiger partial charge is 0.137 e. The highest BCUT2D eigenvalue weighted by Gasteiger charge is 2.31. The molecule has 0 bridgehead atoms. The molecule has 2 rings (SSSR count). The molecule has 1 aliphatic carbocycles. The summed E-state index contributed by atoms with van der Waals surface area (Å²) < 4.78 is -0.358. The lowest BCUT2D eigenvalue weighted by atomic mass is 9.88. The van der Waals surface area contributed by atoms with Gasteiger partial charge in [0.1, 0.15) is 3.42 Å². The lowest BCUT2D eigenvalue weighted by molar-refractivity contribution is 0.831. The van der Waals surface area contributed by atoms with Gasteiger partial charge in [-0.25, -0.2) is 0 Å². The number of hydrogen-bond donors (Lipinski definition) is 0. The van der Waals surface area contributed by atoms with Crippen molar-refractivity contribution in [2.75, 3.05) is 0 Å². The lowest BCUT2D eigenvalue weighted by Crippen LogP contribution is -2.17. The Kier molecular flexibility index (Phi) is 2.12. The zero-order valence-corrected chi connectivity index (χ0v) is 9.15. The van der Waals surface area contributed by atoms with Gasteiger partial charge in [-0.1, -0.05) is 59.0 Å². The summed E-state index contributed by atoms with van der Waals surface area (Å²) in [5.74, 6) is 0. The molecule has 0 aromatic heterocycles. The van der Waals surface area contributed by atoms with Crippen LogP contribution >= 0.6 is 22.6 Å². The summed E-state index contributed by atoms with van der Waals surface area (Å²) >= 11 is 2.23. The van der Waals surface area contributed by atoms with Gasteiger partial charge < -0.3 is 0 Å². The van der Waals surface area contributed by atoms with Gasteiger partial charge in [0.15, 0.2) is 0 Å². The van der Waals surface area contributed by atoms with Gasteiger partial charge in [-0.2, -0.15) is 5.26 Å². The van der Waals surface area contributed by atoms with E-state index in [-0.39, 0.29) is 3.42 Å². The Labute approximate surface area is 91.2 Å². The molecule has 0 saturated heterocycles. The Morgan fingerprint density at radius 2 is 2.15 bits per heavy atom. The van der Waals surface area contributed by atoms with E-state index in [1.54, 1.807) is 0 Å². The van der Waals surface area contributed by atoms with E-state index in [1.165, 1.54) is 5.56 Å². The van der Waals surface area contributed by atoms with Crippen molar-refractivity contribution >= 4 is 28.7 Å². The summed E-state index contributed by atoms with van der Waals surface area (Å²) in [7, 11) is 0. The maximum absolute atomic E-state index is 9.11. The minimum atomic E-state index is -0.358. The summed E-state index contributed by atoms with van der Waals surface area (Å²) in [6.07, 6.45) is 4.96. The summed E-state index contributed by atoms with van der Waals surface area (Å²) in [6, 6.07) is 10.5. The molecule has 2 heteroatoms. The first-order chi connectivity index (χ1) is 6.26. The van der Waals surface area contributed by atoms with Crippen molar-refractivity contribution in [2.24, 2.45) is 0 Å². The molecular weight excluding hydrogens is 273 g/mol. The molecule has 0 aliphatic heterocycles. The molecule has 0 saturated carbocycles. The van der Waals surface area contributed by atoms with Crippen LogP contribution in [0.3, 0.4) is 0 Å². The lowest BCUT2D eigenvalue weighted by Gasteiger charge is -2.23. The van der Waals surface area contributed by atoms with Gasteiger partial charge in [0.25, 0.3) is 0 Å². The third kappa shape index (κ3) is 1.37. The minimum absolute atomic E-state index is 0.358. The molecule has 1 atom stereocenters. The zero-order valence-electron chi connectivity index (χ0n) is 7.00. The fraction of sp³-hybridized carbons (Fsp3) is 0.182. The number of nitrogens with zero attached hydrogens (tertiary/aromatic N) is 1. The van der Waals surface area contributed by atoms with Crippen molar-refractivity contribution in [1.29, 1.82) is 5.26 Å². The van der Waals surface area contributed by atoms with Crippen LogP contribution in [-0.2, 0) is 3.42 Å². The van der Waals surface area contributed by atoms with E-state index < -0.39 is 0 Å². The van der Waals surface area contributed by atoms with Crippen molar-refractivity contribution < 1.29 is 0 Å². The topological polar surface area (TPSA) is 23.8 Å². The van der Waals surface area contributed by atoms with Crippen LogP contribution in [0.15, 0.2) is 30.3 Å². The van der Waals surface area contributed by atoms with Crippen LogP contribution in [0.25, 0.3) is 6.08 Å². The third-order valence-electron chi connectivity index (χ3n) is 2.26. The Balaban J connectivity index is 2.64. The van der Waals surface area contributed by atoms with E-state index in [2.05, 4.69) is 46.9 Å². The molecule has 0 amide bonds. The second-order valence-electron chi connectivity index (χ2n) is 3.11. The molecule has 1 unspecified atom stereocenters. The molecule has 0 N–H and O–H groups in total.